The minimum atomic E-state index is -0.295. The third-order valence-electron chi connectivity index (χ3n) is 5.45. The average Bonchev–Trinajstić information content (AvgIpc) is 2.69. The molecule has 1 fully saturated rings. The van der Waals surface area contributed by atoms with E-state index in [1.807, 2.05) is 18.2 Å². The van der Waals surface area contributed by atoms with Gasteiger partial charge in [0.05, 0.1) is 0 Å². The van der Waals surface area contributed by atoms with Crippen LogP contribution in [0.15, 0.2) is 57.7 Å². The minimum absolute atomic E-state index is 0.183. The van der Waals surface area contributed by atoms with Gasteiger partial charge in [0, 0.05) is 50.7 Å². The molecule has 0 amide bonds. The van der Waals surface area contributed by atoms with Crippen molar-refractivity contribution in [1.82, 2.24) is 9.80 Å². The smallest absolute Gasteiger partial charge is 0.336 e. The van der Waals surface area contributed by atoms with Crippen LogP contribution in [0.2, 0.25) is 0 Å². The molecule has 4 rings (SSSR count). The molecule has 3 aromatic rings. The van der Waals surface area contributed by atoms with E-state index in [1.165, 1.54) is 11.6 Å². The first-order valence-corrected chi connectivity index (χ1v) is 9.85. The van der Waals surface area contributed by atoms with Gasteiger partial charge < -0.3 is 4.42 Å². The highest BCUT2D eigenvalue weighted by Gasteiger charge is 2.18. The molecule has 5 heteroatoms. The summed E-state index contributed by atoms with van der Waals surface area (Å²) in [5, 5.41) is 1.03. The Bertz CT molecular complexity index is 1020. The summed E-state index contributed by atoms with van der Waals surface area (Å²) in [4.78, 5) is 16.7. The molecule has 1 aliphatic rings. The number of benzene rings is 2. The third kappa shape index (κ3) is 4.32. The summed E-state index contributed by atoms with van der Waals surface area (Å²) >= 11 is 0. The molecule has 2 aromatic carbocycles. The van der Waals surface area contributed by atoms with Crippen LogP contribution >= 0.6 is 0 Å². The molecule has 0 unspecified atom stereocenters. The fraction of sp³-hybridized carbons (Fsp3) is 0.348. The zero-order valence-corrected chi connectivity index (χ0v) is 16.2. The number of piperazine rings is 1. The van der Waals surface area contributed by atoms with Gasteiger partial charge in [-0.05, 0) is 47.4 Å². The molecule has 0 radical (unpaired) electrons. The maximum Gasteiger partial charge on any atom is 0.336 e. The van der Waals surface area contributed by atoms with Crippen LogP contribution in [-0.4, -0.2) is 36.0 Å². The zero-order valence-electron chi connectivity index (χ0n) is 16.2. The molecule has 2 heterocycles. The first kappa shape index (κ1) is 18.8. The van der Waals surface area contributed by atoms with Crippen molar-refractivity contribution in [3.8, 4) is 0 Å². The number of nitrogens with zero attached hydrogens (tertiary/aromatic N) is 2. The van der Waals surface area contributed by atoms with Gasteiger partial charge in [0.25, 0.3) is 0 Å². The lowest BCUT2D eigenvalue weighted by Gasteiger charge is -2.34. The van der Waals surface area contributed by atoms with E-state index in [2.05, 4.69) is 22.8 Å². The van der Waals surface area contributed by atoms with Gasteiger partial charge in [-0.1, -0.05) is 25.1 Å². The molecule has 1 saturated heterocycles. The highest BCUT2D eigenvalue weighted by molar-refractivity contribution is 5.80. The van der Waals surface area contributed by atoms with Gasteiger partial charge in [0.2, 0.25) is 0 Å². The molecule has 4 nitrogen and oxygen atoms in total. The van der Waals surface area contributed by atoms with Crippen molar-refractivity contribution in [2.24, 2.45) is 0 Å². The molecular weight excluding hydrogens is 355 g/mol. The molecule has 0 aliphatic carbocycles. The topological polar surface area (TPSA) is 36.7 Å². The second-order valence-corrected chi connectivity index (χ2v) is 7.46. The molecule has 0 spiro atoms. The van der Waals surface area contributed by atoms with E-state index < -0.39 is 0 Å². The van der Waals surface area contributed by atoms with Crippen molar-refractivity contribution in [1.29, 1.82) is 0 Å². The summed E-state index contributed by atoms with van der Waals surface area (Å²) < 4.78 is 18.8. The molecule has 146 valence electrons. The Morgan fingerprint density at radius 1 is 0.929 bits per heavy atom. The van der Waals surface area contributed by atoms with Crippen molar-refractivity contribution in [3.63, 3.8) is 0 Å². The highest BCUT2D eigenvalue weighted by atomic mass is 19.1. The minimum Gasteiger partial charge on any atom is -0.423 e. The van der Waals surface area contributed by atoms with E-state index in [0.717, 1.165) is 62.2 Å². The summed E-state index contributed by atoms with van der Waals surface area (Å²) in [7, 11) is 0. The van der Waals surface area contributed by atoms with E-state index in [9.17, 15) is 9.18 Å². The van der Waals surface area contributed by atoms with Crippen molar-refractivity contribution in [3.05, 3.63) is 81.5 Å². The number of hydrogen-bond acceptors (Lipinski definition) is 4. The summed E-state index contributed by atoms with van der Waals surface area (Å²) in [5.41, 5.74) is 3.63. The summed E-state index contributed by atoms with van der Waals surface area (Å²) in [6.45, 7) is 7.32. The average molecular weight is 380 g/mol. The van der Waals surface area contributed by atoms with Crippen LogP contribution in [0.1, 0.15) is 23.6 Å². The van der Waals surface area contributed by atoms with Gasteiger partial charge >= 0.3 is 5.63 Å². The monoisotopic (exact) mass is 380 g/mol. The van der Waals surface area contributed by atoms with Gasteiger partial charge in [0.15, 0.2) is 0 Å². The van der Waals surface area contributed by atoms with Gasteiger partial charge in [-0.15, -0.1) is 0 Å². The standard InChI is InChI=1S/C23H25FN2O2/c1-2-17-6-7-22-21(13-17)19(14-23(27)28-22)16-26-10-8-25(9-11-26)15-18-4-3-5-20(24)12-18/h3-7,12-14H,2,8-11,15-16H2,1H3. The van der Waals surface area contributed by atoms with Gasteiger partial charge in [-0.2, -0.15) is 0 Å². The lowest BCUT2D eigenvalue weighted by Crippen LogP contribution is -2.45. The maximum atomic E-state index is 13.4. The molecule has 0 N–H and O–H groups in total. The molecular formula is C23H25FN2O2. The predicted octanol–water partition coefficient (Wildman–Crippen LogP) is 3.81. The Morgan fingerprint density at radius 3 is 2.39 bits per heavy atom. The quantitative estimate of drug-likeness (QED) is 0.631. The molecule has 0 saturated carbocycles. The second kappa shape index (κ2) is 8.25. The Labute approximate surface area is 164 Å². The Hall–Kier alpha value is -2.50. The van der Waals surface area contributed by atoms with E-state index in [-0.39, 0.29) is 11.4 Å². The summed E-state index contributed by atoms with van der Waals surface area (Å²) in [6.07, 6.45) is 0.952. The SMILES string of the molecule is CCc1ccc2oc(=O)cc(CN3CCN(Cc4cccc(F)c4)CC3)c2c1. The van der Waals surface area contributed by atoms with Crippen LogP contribution in [-0.2, 0) is 19.5 Å². The molecule has 28 heavy (non-hydrogen) atoms. The van der Waals surface area contributed by atoms with E-state index in [4.69, 9.17) is 4.42 Å². The van der Waals surface area contributed by atoms with Crippen molar-refractivity contribution >= 4 is 11.0 Å². The summed E-state index contributed by atoms with van der Waals surface area (Å²) in [5.74, 6) is -0.183. The van der Waals surface area contributed by atoms with Gasteiger partial charge in [-0.25, -0.2) is 9.18 Å². The third-order valence-corrected chi connectivity index (χ3v) is 5.45. The molecule has 0 bridgehead atoms. The first-order valence-electron chi connectivity index (χ1n) is 9.85. The Balaban J connectivity index is 1.44. The number of fused-ring (bicyclic) bond motifs is 1. The maximum absolute atomic E-state index is 13.4. The number of aryl methyl sites for hydroxylation is 1. The van der Waals surface area contributed by atoms with E-state index >= 15 is 0 Å². The van der Waals surface area contributed by atoms with Crippen LogP contribution in [0.3, 0.4) is 0 Å². The number of halogens is 1. The van der Waals surface area contributed by atoms with Crippen molar-refractivity contribution in [2.75, 3.05) is 26.2 Å². The first-order chi connectivity index (χ1) is 13.6. The van der Waals surface area contributed by atoms with Crippen LogP contribution in [0.4, 0.5) is 4.39 Å². The fourth-order valence-electron chi connectivity index (χ4n) is 3.87. The van der Waals surface area contributed by atoms with Crippen molar-refractivity contribution in [2.45, 2.75) is 26.4 Å². The molecule has 1 aliphatic heterocycles. The van der Waals surface area contributed by atoms with Gasteiger partial charge in [-0.3, -0.25) is 9.80 Å². The number of hydrogen-bond donors (Lipinski definition) is 0. The second-order valence-electron chi connectivity index (χ2n) is 7.46. The molecule has 0 atom stereocenters. The normalized spacial score (nSPS) is 15.9. The zero-order chi connectivity index (χ0) is 19.5. The fourth-order valence-corrected chi connectivity index (χ4v) is 3.87. The Kier molecular flexibility index (Phi) is 5.55. The van der Waals surface area contributed by atoms with Crippen LogP contribution < -0.4 is 5.63 Å². The van der Waals surface area contributed by atoms with E-state index in [0.29, 0.717) is 5.58 Å². The lowest BCUT2D eigenvalue weighted by atomic mass is 10.0. The molecule has 1 aromatic heterocycles. The van der Waals surface area contributed by atoms with Crippen molar-refractivity contribution < 1.29 is 8.81 Å². The lowest BCUT2D eigenvalue weighted by molar-refractivity contribution is 0.122. The van der Waals surface area contributed by atoms with Crippen LogP contribution in [0.25, 0.3) is 11.0 Å². The highest BCUT2D eigenvalue weighted by Crippen LogP contribution is 2.21. The largest absolute Gasteiger partial charge is 0.423 e. The number of rotatable bonds is 5. The van der Waals surface area contributed by atoms with Crippen LogP contribution in [0, 0.1) is 5.82 Å². The Morgan fingerprint density at radius 2 is 1.68 bits per heavy atom. The van der Waals surface area contributed by atoms with Crippen LogP contribution in [0.5, 0.6) is 0 Å². The predicted molar refractivity (Wildman–Crippen MR) is 109 cm³/mol. The summed E-state index contributed by atoms with van der Waals surface area (Å²) in [6, 6.07) is 14.5. The van der Waals surface area contributed by atoms with E-state index in [1.54, 1.807) is 18.2 Å². The van der Waals surface area contributed by atoms with Gasteiger partial charge in [0.1, 0.15) is 11.4 Å².